The molecular formula is C20H18N4O2S. The Bertz CT molecular complexity index is 1110. The second-order valence-electron chi connectivity index (χ2n) is 6.88. The standard InChI is InChI=1S/C20H18N4O2S/c25-19(26)13-5-6-16-17(11-13)27-20(23-16)24-9-7-12(8-10-24)18-21-14-3-1-2-4-15(14)22-18/h1-6,11-12H,7-10H2,(H,21,22)(H,25,26). The fourth-order valence-corrected chi connectivity index (χ4v) is 4.75. The maximum atomic E-state index is 11.2. The Labute approximate surface area is 159 Å². The fraction of sp³-hybridized carbons (Fsp3) is 0.250. The number of piperidine rings is 1. The largest absolute Gasteiger partial charge is 0.478 e. The first-order valence-corrected chi connectivity index (χ1v) is 9.82. The van der Waals surface area contributed by atoms with E-state index in [0.29, 0.717) is 11.5 Å². The minimum absolute atomic E-state index is 0.307. The van der Waals surface area contributed by atoms with Crippen molar-refractivity contribution in [2.24, 2.45) is 0 Å². The van der Waals surface area contributed by atoms with Gasteiger partial charge in [-0.25, -0.2) is 14.8 Å². The lowest BCUT2D eigenvalue weighted by atomic mass is 9.96. The molecule has 7 heteroatoms. The van der Waals surface area contributed by atoms with Gasteiger partial charge in [-0.15, -0.1) is 0 Å². The van der Waals surface area contributed by atoms with Gasteiger partial charge in [0.05, 0.1) is 26.8 Å². The van der Waals surface area contributed by atoms with Gasteiger partial charge in [0, 0.05) is 19.0 Å². The molecule has 136 valence electrons. The Morgan fingerprint density at radius 3 is 2.70 bits per heavy atom. The molecule has 0 amide bonds. The Hall–Kier alpha value is -2.93. The van der Waals surface area contributed by atoms with Crippen molar-refractivity contribution < 1.29 is 9.90 Å². The van der Waals surface area contributed by atoms with Crippen LogP contribution in [0, 0.1) is 0 Å². The minimum atomic E-state index is -0.904. The van der Waals surface area contributed by atoms with Gasteiger partial charge >= 0.3 is 5.97 Å². The summed E-state index contributed by atoms with van der Waals surface area (Å²) in [6, 6.07) is 13.3. The van der Waals surface area contributed by atoms with Gasteiger partial charge in [0.1, 0.15) is 5.82 Å². The topological polar surface area (TPSA) is 82.1 Å². The number of hydrogen-bond donors (Lipinski definition) is 2. The van der Waals surface area contributed by atoms with E-state index in [9.17, 15) is 4.79 Å². The molecule has 2 N–H and O–H groups in total. The molecule has 2 aromatic carbocycles. The number of hydrogen-bond acceptors (Lipinski definition) is 5. The third-order valence-corrected chi connectivity index (χ3v) is 6.26. The summed E-state index contributed by atoms with van der Waals surface area (Å²) in [7, 11) is 0. The van der Waals surface area contributed by atoms with E-state index in [-0.39, 0.29) is 0 Å². The van der Waals surface area contributed by atoms with E-state index in [0.717, 1.165) is 58.1 Å². The number of H-pyrrole nitrogens is 1. The quantitative estimate of drug-likeness (QED) is 0.557. The number of aromatic nitrogens is 3. The summed E-state index contributed by atoms with van der Waals surface area (Å²) in [5.41, 5.74) is 3.28. The molecule has 4 aromatic rings. The van der Waals surface area contributed by atoms with Crippen LogP contribution in [-0.2, 0) is 0 Å². The lowest BCUT2D eigenvalue weighted by molar-refractivity contribution is 0.0697. The van der Waals surface area contributed by atoms with Crippen LogP contribution >= 0.6 is 11.3 Å². The molecule has 1 aliphatic heterocycles. The molecule has 27 heavy (non-hydrogen) atoms. The third-order valence-electron chi connectivity index (χ3n) is 5.18. The predicted molar refractivity (Wildman–Crippen MR) is 107 cm³/mol. The summed E-state index contributed by atoms with van der Waals surface area (Å²) >= 11 is 1.56. The van der Waals surface area contributed by atoms with Crippen LogP contribution in [0.2, 0.25) is 0 Å². The van der Waals surface area contributed by atoms with Crippen LogP contribution in [0.25, 0.3) is 21.3 Å². The Morgan fingerprint density at radius 1 is 1.11 bits per heavy atom. The molecule has 0 spiro atoms. The third kappa shape index (κ3) is 2.94. The number of nitrogens with one attached hydrogen (secondary N) is 1. The number of carboxylic acids is 1. The van der Waals surface area contributed by atoms with Crippen molar-refractivity contribution in [1.82, 2.24) is 15.0 Å². The number of imidazole rings is 1. The number of para-hydroxylation sites is 2. The monoisotopic (exact) mass is 378 g/mol. The van der Waals surface area contributed by atoms with Crippen molar-refractivity contribution in [2.45, 2.75) is 18.8 Å². The van der Waals surface area contributed by atoms with Gasteiger partial charge in [-0.3, -0.25) is 0 Å². The number of fused-ring (bicyclic) bond motifs is 2. The number of rotatable bonds is 3. The highest BCUT2D eigenvalue weighted by molar-refractivity contribution is 7.22. The molecule has 0 unspecified atom stereocenters. The average Bonchev–Trinajstić information content (AvgIpc) is 3.31. The summed E-state index contributed by atoms with van der Waals surface area (Å²) in [5, 5.41) is 10.1. The van der Waals surface area contributed by atoms with Crippen molar-refractivity contribution in [3.8, 4) is 0 Å². The predicted octanol–water partition coefficient (Wildman–Crippen LogP) is 4.25. The lowest BCUT2D eigenvalue weighted by Crippen LogP contribution is -2.33. The van der Waals surface area contributed by atoms with E-state index in [1.165, 1.54) is 0 Å². The Kier molecular flexibility index (Phi) is 3.82. The van der Waals surface area contributed by atoms with Gasteiger partial charge in [0.2, 0.25) is 0 Å². The summed E-state index contributed by atoms with van der Waals surface area (Å²) in [5.74, 6) is 0.603. The van der Waals surface area contributed by atoms with Crippen LogP contribution in [-0.4, -0.2) is 39.1 Å². The van der Waals surface area contributed by atoms with Crippen molar-refractivity contribution in [3.63, 3.8) is 0 Å². The molecule has 3 heterocycles. The van der Waals surface area contributed by atoms with Crippen molar-refractivity contribution >= 4 is 43.7 Å². The summed E-state index contributed by atoms with van der Waals surface area (Å²) in [6.45, 7) is 1.85. The van der Waals surface area contributed by atoms with Crippen LogP contribution in [0.3, 0.4) is 0 Å². The van der Waals surface area contributed by atoms with Gasteiger partial charge < -0.3 is 15.0 Å². The van der Waals surface area contributed by atoms with E-state index in [2.05, 4.69) is 16.0 Å². The van der Waals surface area contributed by atoms with E-state index < -0.39 is 5.97 Å². The number of thiazole rings is 1. The molecule has 0 radical (unpaired) electrons. The Balaban J connectivity index is 1.34. The molecule has 6 nitrogen and oxygen atoms in total. The molecule has 2 aromatic heterocycles. The number of aromatic amines is 1. The van der Waals surface area contributed by atoms with Crippen molar-refractivity contribution in [1.29, 1.82) is 0 Å². The van der Waals surface area contributed by atoms with Crippen LogP contribution in [0.1, 0.15) is 34.9 Å². The lowest BCUT2D eigenvalue weighted by Gasteiger charge is -2.30. The fourth-order valence-electron chi connectivity index (χ4n) is 3.69. The van der Waals surface area contributed by atoms with Gasteiger partial charge in [0.15, 0.2) is 5.13 Å². The first-order valence-electron chi connectivity index (χ1n) is 9.01. The summed E-state index contributed by atoms with van der Waals surface area (Å²) in [6.07, 6.45) is 2.05. The van der Waals surface area contributed by atoms with Crippen LogP contribution in [0.4, 0.5) is 5.13 Å². The zero-order valence-electron chi connectivity index (χ0n) is 14.6. The molecule has 1 aliphatic rings. The van der Waals surface area contributed by atoms with Gasteiger partial charge in [-0.05, 0) is 43.2 Å². The van der Waals surface area contributed by atoms with Gasteiger partial charge in [-0.1, -0.05) is 23.5 Å². The number of carbonyl (C=O) groups is 1. The van der Waals surface area contributed by atoms with Crippen molar-refractivity contribution in [3.05, 3.63) is 53.9 Å². The number of anilines is 1. The van der Waals surface area contributed by atoms with E-state index in [1.807, 2.05) is 18.2 Å². The number of nitrogens with zero attached hydrogens (tertiary/aromatic N) is 3. The maximum absolute atomic E-state index is 11.2. The van der Waals surface area contributed by atoms with Crippen molar-refractivity contribution in [2.75, 3.05) is 18.0 Å². The molecule has 5 rings (SSSR count). The number of aromatic carboxylic acids is 1. The summed E-state index contributed by atoms with van der Waals surface area (Å²) < 4.78 is 0.921. The zero-order chi connectivity index (χ0) is 18.4. The van der Waals surface area contributed by atoms with Gasteiger partial charge in [0.25, 0.3) is 0 Å². The normalized spacial score (nSPS) is 15.6. The minimum Gasteiger partial charge on any atom is -0.478 e. The smallest absolute Gasteiger partial charge is 0.335 e. The Morgan fingerprint density at radius 2 is 1.93 bits per heavy atom. The second kappa shape index (κ2) is 6.35. The van der Waals surface area contributed by atoms with E-state index in [4.69, 9.17) is 15.1 Å². The molecule has 0 aliphatic carbocycles. The average molecular weight is 378 g/mol. The first-order chi connectivity index (χ1) is 13.2. The summed E-state index contributed by atoms with van der Waals surface area (Å²) in [4.78, 5) is 26.4. The molecule has 1 saturated heterocycles. The molecule has 0 atom stereocenters. The zero-order valence-corrected chi connectivity index (χ0v) is 15.4. The van der Waals surface area contributed by atoms with Gasteiger partial charge in [-0.2, -0.15) is 0 Å². The maximum Gasteiger partial charge on any atom is 0.335 e. The number of carboxylic acid groups (broad SMARTS) is 1. The van der Waals surface area contributed by atoms with Crippen LogP contribution in [0.5, 0.6) is 0 Å². The molecule has 1 fully saturated rings. The second-order valence-corrected chi connectivity index (χ2v) is 7.89. The van der Waals surface area contributed by atoms with E-state index >= 15 is 0 Å². The molecule has 0 saturated carbocycles. The highest BCUT2D eigenvalue weighted by Crippen LogP contribution is 2.34. The number of benzene rings is 2. The highest BCUT2D eigenvalue weighted by atomic mass is 32.1. The first kappa shape index (κ1) is 16.3. The molecule has 0 bridgehead atoms. The van der Waals surface area contributed by atoms with E-state index in [1.54, 1.807) is 29.5 Å². The van der Waals surface area contributed by atoms with Crippen LogP contribution in [0.15, 0.2) is 42.5 Å². The van der Waals surface area contributed by atoms with Crippen LogP contribution < -0.4 is 4.90 Å². The highest BCUT2D eigenvalue weighted by Gasteiger charge is 2.25. The molecular weight excluding hydrogens is 360 g/mol. The SMILES string of the molecule is O=C(O)c1ccc2nc(N3CCC(c4nc5ccccc5[nH]4)CC3)sc2c1.